The lowest BCUT2D eigenvalue weighted by molar-refractivity contribution is 0.220. The molecule has 0 radical (unpaired) electrons. The fraction of sp³-hybridized carbons (Fsp3) is 0.0667. The van der Waals surface area contributed by atoms with Crippen LogP contribution in [0.25, 0.3) is 10.9 Å². The van der Waals surface area contributed by atoms with Crippen molar-refractivity contribution in [3.63, 3.8) is 0 Å². The van der Waals surface area contributed by atoms with Crippen LogP contribution in [0, 0.1) is 5.82 Å². The highest BCUT2D eigenvalue weighted by atomic mass is 79.9. The highest BCUT2D eigenvalue weighted by molar-refractivity contribution is 9.10. The van der Waals surface area contributed by atoms with E-state index in [2.05, 4.69) is 25.9 Å². The molecule has 0 aliphatic carbocycles. The van der Waals surface area contributed by atoms with E-state index >= 15 is 0 Å². The molecule has 1 atom stereocenters. The number of nitrogens with zero attached hydrogens (tertiary/aromatic N) is 2. The number of fused-ring (bicyclic) bond motifs is 1. The van der Waals surface area contributed by atoms with Crippen LogP contribution in [0.4, 0.5) is 4.39 Å². The van der Waals surface area contributed by atoms with Gasteiger partial charge in [0, 0.05) is 33.4 Å². The van der Waals surface area contributed by atoms with E-state index in [1.54, 1.807) is 12.3 Å². The first-order valence-corrected chi connectivity index (χ1v) is 6.78. The molecule has 2 aromatic heterocycles. The molecule has 100 valence electrons. The minimum absolute atomic E-state index is 0.402. The summed E-state index contributed by atoms with van der Waals surface area (Å²) in [6.45, 7) is 0. The maximum atomic E-state index is 13.2. The molecule has 2 heterocycles. The van der Waals surface area contributed by atoms with Crippen LogP contribution < -0.4 is 0 Å². The van der Waals surface area contributed by atoms with E-state index in [-0.39, 0.29) is 0 Å². The summed E-state index contributed by atoms with van der Waals surface area (Å²) in [5, 5.41) is 11.3. The Morgan fingerprint density at radius 2 is 2.05 bits per heavy atom. The second-order valence-corrected chi connectivity index (χ2v) is 5.23. The lowest BCUT2D eigenvalue weighted by Crippen LogP contribution is -2.03. The van der Waals surface area contributed by atoms with E-state index < -0.39 is 11.9 Å². The van der Waals surface area contributed by atoms with Gasteiger partial charge >= 0.3 is 0 Å². The molecule has 20 heavy (non-hydrogen) atoms. The average molecular weight is 333 g/mol. The third kappa shape index (κ3) is 2.30. The van der Waals surface area contributed by atoms with Crippen LogP contribution in [0.15, 0.2) is 53.4 Å². The monoisotopic (exact) mass is 332 g/mol. The van der Waals surface area contributed by atoms with Crippen LogP contribution in [0.1, 0.15) is 17.2 Å². The predicted molar refractivity (Wildman–Crippen MR) is 77.7 cm³/mol. The van der Waals surface area contributed by atoms with Gasteiger partial charge in [0.15, 0.2) is 0 Å². The highest BCUT2D eigenvalue weighted by Crippen LogP contribution is 2.31. The number of benzene rings is 1. The first kappa shape index (κ1) is 13.1. The number of halogens is 2. The Morgan fingerprint density at radius 1 is 1.20 bits per heavy atom. The maximum absolute atomic E-state index is 13.2. The van der Waals surface area contributed by atoms with E-state index in [0.717, 1.165) is 16.1 Å². The van der Waals surface area contributed by atoms with Gasteiger partial charge in [-0.05, 0) is 18.2 Å². The molecular weight excluding hydrogens is 323 g/mol. The molecule has 0 aliphatic rings. The van der Waals surface area contributed by atoms with Gasteiger partial charge in [-0.25, -0.2) is 4.39 Å². The van der Waals surface area contributed by atoms with Crippen molar-refractivity contribution in [3.05, 3.63) is 70.3 Å². The fourth-order valence-corrected chi connectivity index (χ4v) is 2.59. The molecular formula is C15H10BrFN2O. The van der Waals surface area contributed by atoms with Crippen molar-refractivity contribution >= 4 is 26.8 Å². The first-order chi connectivity index (χ1) is 9.66. The normalized spacial score (nSPS) is 12.6. The molecule has 3 aromatic rings. The topological polar surface area (TPSA) is 46.0 Å². The van der Waals surface area contributed by atoms with Crippen LogP contribution in [0.5, 0.6) is 0 Å². The molecule has 0 fully saturated rings. The largest absolute Gasteiger partial charge is 0.384 e. The van der Waals surface area contributed by atoms with Gasteiger partial charge in [0.25, 0.3) is 0 Å². The number of aromatic nitrogens is 2. The molecule has 0 spiro atoms. The van der Waals surface area contributed by atoms with Crippen molar-refractivity contribution in [2.24, 2.45) is 0 Å². The standard InChI is InChI=1S/C15H10BrFN2O/c16-13-4-3-12(14-11(13)2-1-5-19-14)15(20)9-6-10(17)8-18-7-9/h1-8,15,20H. The van der Waals surface area contributed by atoms with Crippen molar-refractivity contribution in [1.82, 2.24) is 9.97 Å². The van der Waals surface area contributed by atoms with Crippen molar-refractivity contribution < 1.29 is 9.50 Å². The van der Waals surface area contributed by atoms with E-state index in [0.29, 0.717) is 16.6 Å². The van der Waals surface area contributed by atoms with Crippen LogP contribution >= 0.6 is 15.9 Å². The Kier molecular flexibility index (Phi) is 3.46. The van der Waals surface area contributed by atoms with Crippen LogP contribution in [-0.4, -0.2) is 15.1 Å². The molecule has 3 nitrogen and oxygen atoms in total. The van der Waals surface area contributed by atoms with Crippen molar-refractivity contribution in [1.29, 1.82) is 0 Å². The van der Waals surface area contributed by atoms with Crippen molar-refractivity contribution in [2.45, 2.75) is 6.10 Å². The number of hydrogen-bond acceptors (Lipinski definition) is 3. The van der Waals surface area contributed by atoms with E-state index in [1.165, 1.54) is 12.3 Å². The molecule has 1 N–H and O–H groups in total. The van der Waals surface area contributed by atoms with Gasteiger partial charge in [0.1, 0.15) is 11.9 Å². The van der Waals surface area contributed by atoms with Gasteiger partial charge in [-0.2, -0.15) is 0 Å². The second-order valence-electron chi connectivity index (χ2n) is 4.38. The number of hydrogen-bond donors (Lipinski definition) is 1. The van der Waals surface area contributed by atoms with Crippen molar-refractivity contribution in [3.8, 4) is 0 Å². The lowest BCUT2D eigenvalue weighted by Gasteiger charge is -2.14. The summed E-state index contributed by atoms with van der Waals surface area (Å²) in [5.41, 5.74) is 1.70. The molecule has 0 aliphatic heterocycles. The molecule has 3 rings (SSSR count). The summed E-state index contributed by atoms with van der Waals surface area (Å²) in [6.07, 6.45) is 3.25. The second kappa shape index (κ2) is 5.26. The Morgan fingerprint density at radius 3 is 2.85 bits per heavy atom. The lowest BCUT2D eigenvalue weighted by atomic mass is 10.00. The summed E-state index contributed by atoms with van der Waals surface area (Å²) in [7, 11) is 0. The Balaban J connectivity index is 2.17. The Bertz CT molecular complexity index is 779. The Labute approximate surface area is 123 Å². The van der Waals surface area contributed by atoms with Crippen LogP contribution in [0.3, 0.4) is 0 Å². The minimum Gasteiger partial charge on any atom is -0.384 e. The average Bonchev–Trinajstić information content (AvgIpc) is 2.47. The van der Waals surface area contributed by atoms with Crippen LogP contribution in [-0.2, 0) is 0 Å². The summed E-state index contributed by atoms with van der Waals surface area (Å²) in [6, 6.07) is 8.62. The van der Waals surface area contributed by atoms with Gasteiger partial charge in [-0.3, -0.25) is 9.97 Å². The zero-order chi connectivity index (χ0) is 14.1. The number of aliphatic hydroxyl groups is 1. The molecule has 5 heteroatoms. The molecule has 1 unspecified atom stereocenters. The quantitative estimate of drug-likeness (QED) is 0.779. The number of rotatable bonds is 2. The zero-order valence-corrected chi connectivity index (χ0v) is 11.9. The van der Waals surface area contributed by atoms with Gasteiger partial charge in [-0.1, -0.05) is 28.1 Å². The Hall–Kier alpha value is -1.85. The van der Waals surface area contributed by atoms with Crippen molar-refractivity contribution in [2.75, 3.05) is 0 Å². The van der Waals surface area contributed by atoms with Crippen LogP contribution in [0.2, 0.25) is 0 Å². The summed E-state index contributed by atoms with van der Waals surface area (Å²) in [5.74, 6) is -0.476. The van der Waals surface area contributed by atoms with Gasteiger partial charge in [0.2, 0.25) is 0 Å². The van der Waals surface area contributed by atoms with Gasteiger partial charge in [-0.15, -0.1) is 0 Å². The third-order valence-corrected chi connectivity index (χ3v) is 3.78. The van der Waals surface area contributed by atoms with E-state index in [4.69, 9.17) is 0 Å². The first-order valence-electron chi connectivity index (χ1n) is 5.98. The molecule has 0 amide bonds. The number of aliphatic hydroxyl groups excluding tert-OH is 1. The maximum Gasteiger partial charge on any atom is 0.141 e. The van der Waals surface area contributed by atoms with E-state index in [9.17, 15) is 9.50 Å². The SMILES string of the molecule is OC(c1cncc(F)c1)c1ccc(Br)c2cccnc12. The molecule has 1 aromatic carbocycles. The van der Waals surface area contributed by atoms with Gasteiger partial charge < -0.3 is 5.11 Å². The smallest absolute Gasteiger partial charge is 0.141 e. The molecule has 0 bridgehead atoms. The van der Waals surface area contributed by atoms with Gasteiger partial charge in [0.05, 0.1) is 11.7 Å². The fourth-order valence-electron chi connectivity index (χ4n) is 2.14. The third-order valence-electron chi connectivity index (χ3n) is 3.08. The minimum atomic E-state index is -0.969. The summed E-state index contributed by atoms with van der Waals surface area (Å²) < 4.78 is 14.1. The summed E-state index contributed by atoms with van der Waals surface area (Å²) in [4.78, 5) is 8.07. The zero-order valence-electron chi connectivity index (χ0n) is 10.3. The number of pyridine rings is 2. The van der Waals surface area contributed by atoms with E-state index in [1.807, 2.05) is 18.2 Å². The highest BCUT2D eigenvalue weighted by Gasteiger charge is 2.16. The summed E-state index contributed by atoms with van der Waals surface area (Å²) >= 11 is 3.45. The molecule has 0 saturated carbocycles. The molecule has 0 saturated heterocycles. The predicted octanol–water partition coefficient (Wildman–Crippen LogP) is 3.61.